The Morgan fingerprint density at radius 1 is 1.22 bits per heavy atom. The molecule has 27 heavy (non-hydrogen) atoms. The summed E-state index contributed by atoms with van der Waals surface area (Å²) >= 11 is 0. The monoisotopic (exact) mass is 384 g/mol. The molecule has 2 aliphatic heterocycles. The molecule has 1 saturated heterocycles. The van der Waals surface area contributed by atoms with Crippen LogP contribution in [0.3, 0.4) is 0 Å². The van der Waals surface area contributed by atoms with E-state index in [-0.39, 0.29) is 22.2 Å². The third kappa shape index (κ3) is 2.54. The zero-order valence-corrected chi connectivity index (χ0v) is 15.8. The average Bonchev–Trinajstić information content (AvgIpc) is 3.11. The first-order valence-electron chi connectivity index (χ1n) is 9.26. The molecule has 5 rings (SSSR count). The van der Waals surface area contributed by atoms with Crippen molar-refractivity contribution in [1.29, 1.82) is 0 Å². The van der Waals surface area contributed by atoms with Crippen LogP contribution in [0.25, 0.3) is 11.3 Å². The molecule has 3 heterocycles. The molecule has 140 valence electrons. The Hall–Kier alpha value is -2.48. The minimum Gasteiger partial charge on any atom is -0.338 e. The van der Waals surface area contributed by atoms with Crippen molar-refractivity contribution in [3.63, 3.8) is 0 Å². The van der Waals surface area contributed by atoms with Gasteiger partial charge >= 0.3 is 0 Å². The topological polar surface area (TPSA) is 92.3 Å². The van der Waals surface area contributed by atoms with Gasteiger partial charge in [-0.15, -0.1) is 0 Å². The summed E-state index contributed by atoms with van der Waals surface area (Å²) in [7, 11) is -3.53. The minimum atomic E-state index is -3.53. The van der Waals surface area contributed by atoms with Crippen molar-refractivity contribution in [3.8, 4) is 11.3 Å². The molecule has 2 aromatic rings. The summed E-state index contributed by atoms with van der Waals surface area (Å²) in [4.78, 5) is 23.9. The van der Waals surface area contributed by atoms with Crippen molar-refractivity contribution in [3.05, 3.63) is 35.0 Å². The van der Waals surface area contributed by atoms with E-state index in [2.05, 4.69) is 17.1 Å². The van der Waals surface area contributed by atoms with Gasteiger partial charge in [0.05, 0.1) is 16.2 Å². The maximum atomic E-state index is 12.5. The van der Waals surface area contributed by atoms with Crippen LogP contribution in [0.4, 0.5) is 5.95 Å². The van der Waals surface area contributed by atoms with E-state index in [1.165, 1.54) is 0 Å². The average molecular weight is 384 g/mol. The van der Waals surface area contributed by atoms with Crippen LogP contribution in [0, 0.1) is 0 Å². The molecule has 1 amide bonds. The zero-order valence-electron chi connectivity index (χ0n) is 15.0. The van der Waals surface area contributed by atoms with E-state index < -0.39 is 9.84 Å². The van der Waals surface area contributed by atoms with Crippen LogP contribution in [0.2, 0.25) is 0 Å². The predicted octanol–water partition coefficient (Wildman–Crippen LogP) is 1.71. The first-order chi connectivity index (χ1) is 12.9. The molecule has 1 aromatic carbocycles. The number of amides is 1. The first kappa shape index (κ1) is 16.7. The second-order valence-corrected chi connectivity index (χ2v) is 9.42. The van der Waals surface area contributed by atoms with E-state index in [1.54, 1.807) is 18.2 Å². The number of anilines is 1. The number of nitrogens with zero attached hydrogens (tertiary/aromatic N) is 3. The van der Waals surface area contributed by atoms with Crippen LogP contribution in [-0.2, 0) is 22.7 Å². The molecule has 0 unspecified atom stereocenters. The van der Waals surface area contributed by atoms with Gasteiger partial charge in [0.1, 0.15) is 5.88 Å². The number of aryl methyl sites for hydroxylation is 1. The van der Waals surface area contributed by atoms with Gasteiger partial charge in [-0.2, -0.15) is 0 Å². The van der Waals surface area contributed by atoms with Crippen molar-refractivity contribution in [1.82, 2.24) is 15.3 Å². The Balaban J connectivity index is 1.68. The number of fused-ring (bicyclic) bond motifs is 2. The minimum absolute atomic E-state index is 0.0907. The lowest BCUT2D eigenvalue weighted by atomic mass is 10.0. The van der Waals surface area contributed by atoms with E-state index in [0.29, 0.717) is 6.04 Å². The second-order valence-electron chi connectivity index (χ2n) is 7.46. The number of carbonyl (C=O) groups excluding carboxylic acids is 1. The van der Waals surface area contributed by atoms with E-state index >= 15 is 0 Å². The molecule has 3 aliphatic rings. The molecule has 1 aromatic heterocycles. The highest BCUT2D eigenvalue weighted by Crippen LogP contribution is 2.35. The Morgan fingerprint density at radius 3 is 2.81 bits per heavy atom. The number of nitrogens with one attached hydrogen (secondary N) is 1. The molecule has 7 nitrogen and oxygen atoms in total. The molecule has 0 saturated carbocycles. The van der Waals surface area contributed by atoms with Crippen LogP contribution in [0.15, 0.2) is 23.1 Å². The molecular formula is C19H20N4O3S. The van der Waals surface area contributed by atoms with Gasteiger partial charge < -0.3 is 10.2 Å². The highest BCUT2D eigenvalue weighted by Gasteiger charge is 2.31. The first-order valence-corrected chi connectivity index (χ1v) is 10.9. The summed E-state index contributed by atoms with van der Waals surface area (Å²) < 4.78 is 24.9. The largest absolute Gasteiger partial charge is 0.338 e. The van der Waals surface area contributed by atoms with Crippen molar-refractivity contribution >= 4 is 21.7 Å². The fourth-order valence-corrected chi connectivity index (χ4v) is 5.33. The van der Waals surface area contributed by atoms with Gasteiger partial charge in [-0.1, -0.05) is 6.07 Å². The molecule has 1 aliphatic carbocycles. The van der Waals surface area contributed by atoms with Crippen LogP contribution < -0.4 is 10.2 Å². The standard InChI is InChI=1S/C19H20N4O3S/c1-11-7-8-23(11)19-21-15-4-2-3-13(15)17(22-19)12-5-6-14-16(9-12)27(25,26)10-20-18(14)24/h5-6,9,11H,2-4,7-8,10H2,1H3,(H,20,24)/t11-/m0/s1. The Morgan fingerprint density at radius 2 is 2.07 bits per heavy atom. The normalized spacial score (nSPS) is 22.6. The lowest BCUT2D eigenvalue weighted by molar-refractivity contribution is 0.0953. The van der Waals surface area contributed by atoms with Crippen LogP contribution in [-0.4, -0.2) is 42.8 Å². The van der Waals surface area contributed by atoms with Gasteiger partial charge in [0.2, 0.25) is 5.95 Å². The van der Waals surface area contributed by atoms with Crippen LogP contribution in [0.5, 0.6) is 0 Å². The molecule has 0 radical (unpaired) electrons. The van der Waals surface area contributed by atoms with Gasteiger partial charge in [-0.05, 0) is 44.7 Å². The number of carbonyl (C=O) groups is 1. The molecule has 0 bridgehead atoms. The number of aromatic nitrogens is 2. The SMILES string of the molecule is C[C@H]1CCN1c1nc2c(c(-c3ccc4c(c3)S(=O)(=O)CNC4=O)n1)CCC2. The Labute approximate surface area is 157 Å². The van der Waals surface area contributed by atoms with Gasteiger partial charge in [0, 0.05) is 29.4 Å². The molecule has 1 fully saturated rings. The van der Waals surface area contributed by atoms with Gasteiger partial charge in [0.25, 0.3) is 5.91 Å². The maximum absolute atomic E-state index is 12.5. The molecule has 1 atom stereocenters. The summed E-state index contributed by atoms with van der Waals surface area (Å²) in [6, 6.07) is 5.41. The van der Waals surface area contributed by atoms with Crippen molar-refractivity contribution in [2.24, 2.45) is 0 Å². The van der Waals surface area contributed by atoms with E-state index in [4.69, 9.17) is 9.97 Å². The fraction of sp³-hybridized carbons (Fsp3) is 0.421. The number of rotatable bonds is 2. The number of hydrogen-bond acceptors (Lipinski definition) is 6. The Kier molecular flexibility index (Phi) is 3.56. The highest BCUT2D eigenvalue weighted by molar-refractivity contribution is 7.91. The lowest BCUT2D eigenvalue weighted by Crippen LogP contribution is -2.46. The third-order valence-electron chi connectivity index (χ3n) is 5.76. The van der Waals surface area contributed by atoms with Gasteiger partial charge in [-0.25, -0.2) is 18.4 Å². The summed E-state index contributed by atoms with van der Waals surface area (Å²) in [5, 5.41) is 2.41. The van der Waals surface area contributed by atoms with E-state index in [1.807, 2.05) is 0 Å². The summed E-state index contributed by atoms with van der Waals surface area (Å²) in [5.74, 6) is 0.0119. The number of benzene rings is 1. The van der Waals surface area contributed by atoms with Gasteiger partial charge in [-0.3, -0.25) is 4.79 Å². The fourth-order valence-electron chi connectivity index (χ4n) is 4.05. The quantitative estimate of drug-likeness (QED) is 0.847. The van der Waals surface area contributed by atoms with E-state index in [9.17, 15) is 13.2 Å². The summed E-state index contributed by atoms with van der Waals surface area (Å²) in [6.45, 7) is 3.10. The van der Waals surface area contributed by atoms with Crippen LogP contribution >= 0.6 is 0 Å². The van der Waals surface area contributed by atoms with Crippen molar-refractivity contribution < 1.29 is 13.2 Å². The maximum Gasteiger partial charge on any atom is 0.253 e. The second kappa shape index (κ2) is 5.76. The summed E-state index contributed by atoms with van der Waals surface area (Å²) in [6.07, 6.45) is 3.97. The Bertz CT molecular complexity index is 1080. The zero-order chi connectivity index (χ0) is 18.8. The molecule has 0 spiro atoms. The lowest BCUT2D eigenvalue weighted by Gasteiger charge is -2.39. The number of sulfone groups is 1. The number of hydrogen-bond donors (Lipinski definition) is 1. The molecule has 8 heteroatoms. The predicted molar refractivity (Wildman–Crippen MR) is 100 cm³/mol. The molecule has 1 N–H and O–H groups in total. The van der Waals surface area contributed by atoms with Gasteiger partial charge in [0.15, 0.2) is 9.84 Å². The summed E-state index contributed by atoms with van der Waals surface area (Å²) in [5.41, 5.74) is 3.90. The molecular weight excluding hydrogens is 364 g/mol. The van der Waals surface area contributed by atoms with E-state index in [0.717, 1.165) is 60.7 Å². The third-order valence-corrected chi connectivity index (χ3v) is 7.29. The highest BCUT2D eigenvalue weighted by atomic mass is 32.2. The smallest absolute Gasteiger partial charge is 0.253 e. The van der Waals surface area contributed by atoms with Crippen molar-refractivity contribution in [2.45, 2.75) is 43.5 Å². The van der Waals surface area contributed by atoms with Crippen LogP contribution in [0.1, 0.15) is 41.4 Å². The van der Waals surface area contributed by atoms with Crippen molar-refractivity contribution in [2.75, 3.05) is 17.3 Å².